The predicted molar refractivity (Wildman–Crippen MR) is 97.2 cm³/mol. The van der Waals surface area contributed by atoms with Gasteiger partial charge in [-0.15, -0.1) is 11.3 Å². The zero-order chi connectivity index (χ0) is 18.0. The summed E-state index contributed by atoms with van der Waals surface area (Å²) in [4.78, 5) is 13.4. The molecule has 0 amide bonds. The van der Waals surface area contributed by atoms with Gasteiger partial charge >= 0.3 is 5.97 Å². The van der Waals surface area contributed by atoms with E-state index >= 15 is 0 Å². The molecule has 8 heteroatoms. The minimum Gasteiger partial charge on any atom is -0.459 e. The van der Waals surface area contributed by atoms with Crippen molar-refractivity contribution in [2.75, 3.05) is 6.54 Å². The van der Waals surface area contributed by atoms with Gasteiger partial charge in [0.1, 0.15) is 12.6 Å². The van der Waals surface area contributed by atoms with Crippen LogP contribution in [0.25, 0.3) is 0 Å². The molecule has 0 unspecified atom stereocenters. The quantitative estimate of drug-likeness (QED) is 0.720. The number of esters is 1. The molecule has 3 rings (SSSR count). The highest BCUT2D eigenvalue weighted by molar-refractivity contribution is 7.89. The Kier molecular flexibility index (Phi) is 5.48. The average molecular weight is 400 g/mol. The molecule has 1 saturated heterocycles. The number of rotatable bonds is 5. The van der Waals surface area contributed by atoms with Crippen LogP contribution < -0.4 is 0 Å². The summed E-state index contributed by atoms with van der Waals surface area (Å²) in [6, 6.07) is 9.38. The van der Waals surface area contributed by atoms with Gasteiger partial charge in [0.05, 0.1) is 9.23 Å². The normalized spacial score (nSPS) is 18.4. The van der Waals surface area contributed by atoms with E-state index in [2.05, 4.69) is 0 Å². The topological polar surface area (TPSA) is 63.7 Å². The lowest BCUT2D eigenvalue weighted by Gasteiger charge is -2.22. The number of carbonyl (C=O) groups is 1. The summed E-state index contributed by atoms with van der Waals surface area (Å²) in [7, 11) is -3.71. The fourth-order valence-electron chi connectivity index (χ4n) is 2.78. The fourth-order valence-corrected chi connectivity index (χ4v) is 5.42. The van der Waals surface area contributed by atoms with Crippen LogP contribution in [0.4, 0.5) is 0 Å². The number of thiophene rings is 1. The summed E-state index contributed by atoms with van der Waals surface area (Å²) < 4.78 is 32.9. The van der Waals surface area contributed by atoms with Gasteiger partial charge in [0.2, 0.25) is 10.0 Å². The van der Waals surface area contributed by atoms with E-state index in [0.717, 1.165) is 10.4 Å². The van der Waals surface area contributed by atoms with Crippen LogP contribution in [0.5, 0.6) is 0 Å². The minimum absolute atomic E-state index is 0.102. The number of aryl methyl sites for hydroxylation is 1. The average Bonchev–Trinajstić information content (AvgIpc) is 3.22. The first-order valence-corrected chi connectivity index (χ1v) is 10.5. The largest absolute Gasteiger partial charge is 0.459 e. The van der Waals surface area contributed by atoms with E-state index in [1.807, 2.05) is 6.92 Å². The van der Waals surface area contributed by atoms with Crippen molar-refractivity contribution < 1.29 is 17.9 Å². The molecule has 0 bridgehead atoms. The number of nitrogens with zero attached hydrogens (tertiary/aromatic N) is 1. The van der Waals surface area contributed by atoms with E-state index in [9.17, 15) is 13.2 Å². The zero-order valence-corrected chi connectivity index (χ0v) is 16.0. The molecule has 134 valence electrons. The molecule has 2 aromatic rings. The van der Waals surface area contributed by atoms with Crippen LogP contribution in [-0.4, -0.2) is 31.3 Å². The highest BCUT2D eigenvalue weighted by atomic mass is 35.5. The molecule has 0 aliphatic carbocycles. The minimum atomic E-state index is -3.71. The lowest BCUT2D eigenvalue weighted by molar-refractivity contribution is -0.148. The van der Waals surface area contributed by atoms with Gasteiger partial charge in [0, 0.05) is 11.4 Å². The number of benzene rings is 1. The molecule has 2 heterocycles. The van der Waals surface area contributed by atoms with Gasteiger partial charge in [-0.1, -0.05) is 29.3 Å². The molecule has 0 spiro atoms. The van der Waals surface area contributed by atoms with E-state index in [-0.39, 0.29) is 11.5 Å². The van der Waals surface area contributed by atoms with Crippen molar-refractivity contribution in [1.29, 1.82) is 0 Å². The van der Waals surface area contributed by atoms with Crippen molar-refractivity contribution >= 4 is 38.9 Å². The van der Waals surface area contributed by atoms with Gasteiger partial charge in [-0.05, 0) is 44.0 Å². The van der Waals surface area contributed by atoms with E-state index in [0.29, 0.717) is 23.7 Å². The third-order valence-electron chi connectivity index (χ3n) is 4.09. The van der Waals surface area contributed by atoms with Gasteiger partial charge in [0.15, 0.2) is 0 Å². The van der Waals surface area contributed by atoms with Crippen LogP contribution in [0.3, 0.4) is 0 Å². The molecule has 0 N–H and O–H groups in total. The number of halogens is 1. The third kappa shape index (κ3) is 4.06. The van der Waals surface area contributed by atoms with Crippen LogP contribution in [0.1, 0.15) is 23.3 Å². The Hall–Kier alpha value is -1.41. The molecular formula is C17H18ClNO4S2. The van der Waals surface area contributed by atoms with Gasteiger partial charge in [0.25, 0.3) is 0 Å². The number of ether oxygens (including phenoxy) is 1. The van der Waals surface area contributed by atoms with Crippen molar-refractivity contribution in [2.45, 2.75) is 37.3 Å². The van der Waals surface area contributed by atoms with Crippen molar-refractivity contribution in [3.63, 3.8) is 0 Å². The maximum atomic E-state index is 12.8. The molecule has 5 nitrogen and oxygen atoms in total. The van der Waals surface area contributed by atoms with Crippen molar-refractivity contribution in [3.05, 3.63) is 51.2 Å². The van der Waals surface area contributed by atoms with Gasteiger partial charge < -0.3 is 4.74 Å². The number of hydrogen-bond acceptors (Lipinski definition) is 5. The van der Waals surface area contributed by atoms with Crippen LogP contribution >= 0.6 is 22.9 Å². The SMILES string of the molecule is Cc1ccc(S(=O)(=O)N2CCC[C@H]2C(=O)OCc2ccc(Cl)s2)cc1. The molecule has 1 atom stereocenters. The second-order valence-corrected chi connectivity index (χ2v) is 9.59. The first kappa shape index (κ1) is 18.4. The van der Waals surface area contributed by atoms with Crippen molar-refractivity contribution in [1.82, 2.24) is 4.31 Å². The standard InChI is InChI=1S/C17H18ClNO4S2/c1-12-4-7-14(8-5-12)25(21,22)19-10-2-3-15(19)17(20)23-11-13-6-9-16(18)24-13/h4-9,15H,2-3,10-11H2,1H3/t15-/m0/s1. The van der Waals surface area contributed by atoms with Crippen molar-refractivity contribution in [3.8, 4) is 0 Å². The Labute approximate surface area is 156 Å². The molecule has 0 saturated carbocycles. The number of sulfonamides is 1. The summed E-state index contributed by atoms with van der Waals surface area (Å²) in [6.45, 7) is 2.31. The third-order valence-corrected chi connectivity index (χ3v) is 7.22. The van der Waals surface area contributed by atoms with E-state index in [1.54, 1.807) is 36.4 Å². The Morgan fingerprint density at radius 1 is 1.28 bits per heavy atom. The molecular weight excluding hydrogens is 382 g/mol. The molecule has 0 radical (unpaired) electrons. The van der Waals surface area contributed by atoms with E-state index in [4.69, 9.17) is 16.3 Å². The van der Waals surface area contributed by atoms with Crippen LogP contribution in [0.15, 0.2) is 41.3 Å². The maximum absolute atomic E-state index is 12.8. The first-order valence-electron chi connectivity index (χ1n) is 7.87. The summed E-state index contributed by atoms with van der Waals surface area (Å²) in [5.74, 6) is -0.516. The number of carbonyl (C=O) groups excluding carboxylic acids is 1. The predicted octanol–water partition coefficient (Wildman–Crippen LogP) is 3.61. The molecule has 1 aromatic heterocycles. The van der Waals surface area contributed by atoms with E-state index < -0.39 is 22.0 Å². The van der Waals surface area contributed by atoms with Crippen LogP contribution in [0, 0.1) is 6.92 Å². The molecule has 25 heavy (non-hydrogen) atoms. The Balaban J connectivity index is 1.72. The Bertz CT molecular complexity index is 861. The molecule has 1 aliphatic rings. The summed E-state index contributed by atoms with van der Waals surface area (Å²) >= 11 is 7.19. The first-order chi connectivity index (χ1) is 11.9. The Morgan fingerprint density at radius 2 is 2.00 bits per heavy atom. The fraction of sp³-hybridized carbons (Fsp3) is 0.353. The maximum Gasteiger partial charge on any atom is 0.324 e. The van der Waals surface area contributed by atoms with Crippen LogP contribution in [0.2, 0.25) is 4.34 Å². The molecule has 1 fully saturated rings. The summed E-state index contributed by atoms with van der Waals surface area (Å²) in [6.07, 6.45) is 1.10. The van der Waals surface area contributed by atoms with Crippen molar-refractivity contribution in [2.24, 2.45) is 0 Å². The van der Waals surface area contributed by atoms with Crippen LogP contribution in [-0.2, 0) is 26.2 Å². The monoisotopic (exact) mass is 399 g/mol. The van der Waals surface area contributed by atoms with Gasteiger partial charge in [-0.2, -0.15) is 4.31 Å². The second kappa shape index (κ2) is 7.45. The zero-order valence-electron chi connectivity index (χ0n) is 13.6. The summed E-state index contributed by atoms with van der Waals surface area (Å²) in [5.41, 5.74) is 0.978. The second-order valence-electron chi connectivity index (χ2n) is 5.90. The lowest BCUT2D eigenvalue weighted by atomic mass is 10.2. The van der Waals surface area contributed by atoms with Gasteiger partial charge in [-0.25, -0.2) is 8.42 Å². The Morgan fingerprint density at radius 3 is 2.64 bits per heavy atom. The molecule has 1 aliphatic heterocycles. The molecule has 1 aromatic carbocycles. The smallest absolute Gasteiger partial charge is 0.324 e. The highest BCUT2D eigenvalue weighted by Crippen LogP contribution is 2.28. The summed E-state index contributed by atoms with van der Waals surface area (Å²) in [5, 5.41) is 0. The number of hydrogen-bond donors (Lipinski definition) is 0. The van der Waals surface area contributed by atoms with Gasteiger partial charge in [-0.3, -0.25) is 4.79 Å². The van der Waals surface area contributed by atoms with E-state index in [1.165, 1.54) is 15.6 Å². The highest BCUT2D eigenvalue weighted by Gasteiger charge is 2.40. The lowest BCUT2D eigenvalue weighted by Crippen LogP contribution is -2.41.